The molecule has 0 aliphatic heterocycles. The molecule has 2 rings (SSSR count). The number of nitrogens with one attached hydrogen (secondary N) is 1. The van der Waals surface area contributed by atoms with Crippen molar-refractivity contribution in [3.63, 3.8) is 0 Å². The van der Waals surface area contributed by atoms with Gasteiger partial charge < -0.3 is 19.5 Å². The third-order valence-electron chi connectivity index (χ3n) is 2.81. The van der Waals surface area contributed by atoms with Crippen molar-refractivity contribution in [2.45, 2.75) is 6.61 Å². The van der Waals surface area contributed by atoms with Crippen LogP contribution in [-0.4, -0.2) is 26.2 Å². The van der Waals surface area contributed by atoms with Crippen molar-refractivity contribution in [2.24, 2.45) is 0 Å². The minimum atomic E-state index is -2.97. The van der Waals surface area contributed by atoms with E-state index < -0.39 is 12.5 Å². The van der Waals surface area contributed by atoms with E-state index in [4.69, 9.17) is 9.47 Å². The number of hydrogen-bond donors (Lipinski definition) is 1. The summed E-state index contributed by atoms with van der Waals surface area (Å²) in [6.45, 7) is -3.28. The summed E-state index contributed by atoms with van der Waals surface area (Å²) in [7, 11) is 1.49. The Bertz CT molecular complexity index is 664. The average Bonchev–Trinajstić information content (AvgIpc) is 2.54. The van der Waals surface area contributed by atoms with E-state index in [2.05, 4.69) is 10.1 Å². The molecule has 5 nitrogen and oxygen atoms in total. The second-order valence-electron chi connectivity index (χ2n) is 4.36. The lowest BCUT2D eigenvalue weighted by atomic mass is 10.3. The van der Waals surface area contributed by atoms with Crippen LogP contribution >= 0.6 is 0 Å². The molecule has 0 aromatic heterocycles. The largest absolute Gasteiger partial charge is 0.493 e. The van der Waals surface area contributed by atoms with Gasteiger partial charge in [-0.3, -0.25) is 4.79 Å². The molecule has 0 aliphatic carbocycles. The molecular formula is C16H15F2NO4. The molecule has 0 fully saturated rings. The van der Waals surface area contributed by atoms with E-state index in [0.29, 0.717) is 11.5 Å². The SMILES string of the molecule is COc1ccccc1OCC(=O)Nc1ccccc1OC(F)F. The topological polar surface area (TPSA) is 56.8 Å². The summed E-state index contributed by atoms with van der Waals surface area (Å²) in [5.41, 5.74) is 0.140. The number of ether oxygens (including phenoxy) is 3. The van der Waals surface area contributed by atoms with Gasteiger partial charge in [0.1, 0.15) is 5.75 Å². The molecule has 0 atom stereocenters. The van der Waals surface area contributed by atoms with Crippen LogP contribution in [0.15, 0.2) is 48.5 Å². The van der Waals surface area contributed by atoms with Gasteiger partial charge in [-0.2, -0.15) is 8.78 Å². The van der Waals surface area contributed by atoms with E-state index in [-0.39, 0.29) is 18.0 Å². The minimum absolute atomic E-state index is 0.117. The van der Waals surface area contributed by atoms with E-state index in [1.165, 1.54) is 25.3 Å². The standard InChI is InChI=1S/C16H15F2NO4/c1-21-13-8-4-5-9-14(13)22-10-15(20)19-11-6-2-3-7-12(11)23-16(17)18/h2-9,16H,10H2,1H3,(H,19,20). The Morgan fingerprint density at radius 2 is 1.65 bits per heavy atom. The lowest BCUT2D eigenvalue weighted by Crippen LogP contribution is -2.21. The molecule has 0 bridgehead atoms. The lowest BCUT2D eigenvalue weighted by molar-refractivity contribution is -0.118. The van der Waals surface area contributed by atoms with Crippen LogP contribution < -0.4 is 19.5 Å². The Morgan fingerprint density at radius 1 is 1.04 bits per heavy atom. The summed E-state index contributed by atoms with van der Waals surface area (Å²) in [4.78, 5) is 11.9. The molecule has 0 radical (unpaired) electrons. The maximum absolute atomic E-state index is 12.3. The van der Waals surface area contributed by atoms with Crippen molar-refractivity contribution in [2.75, 3.05) is 19.0 Å². The average molecular weight is 323 g/mol. The first-order valence-corrected chi connectivity index (χ1v) is 6.69. The first-order chi connectivity index (χ1) is 11.1. The monoisotopic (exact) mass is 323 g/mol. The maximum atomic E-state index is 12.3. The maximum Gasteiger partial charge on any atom is 0.387 e. The van der Waals surface area contributed by atoms with Crippen molar-refractivity contribution in [1.29, 1.82) is 0 Å². The zero-order chi connectivity index (χ0) is 16.7. The number of benzene rings is 2. The number of halogens is 2. The Labute approximate surface area is 131 Å². The van der Waals surface area contributed by atoms with Gasteiger partial charge in [0.05, 0.1) is 12.8 Å². The molecule has 0 spiro atoms. The number of methoxy groups -OCH3 is 1. The first kappa shape index (κ1) is 16.5. The normalized spacial score (nSPS) is 10.3. The molecule has 0 aliphatic rings. The quantitative estimate of drug-likeness (QED) is 0.849. The van der Waals surface area contributed by atoms with Crippen LogP contribution in [0.3, 0.4) is 0 Å². The molecule has 2 aromatic rings. The summed E-state index contributed by atoms with van der Waals surface area (Å²) < 4.78 is 39.4. The molecule has 0 heterocycles. The highest BCUT2D eigenvalue weighted by Crippen LogP contribution is 2.27. The Balaban J connectivity index is 1.97. The fourth-order valence-corrected chi connectivity index (χ4v) is 1.84. The number of amides is 1. The molecule has 1 amide bonds. The highest BCUT2D eigenvalue weighted by molar-refractivity contribution is 5.93. The summed E-state index contributed by atoms with van der Waals surface area (Å²) in [5.74, 6) is 0.262. The van der Waals surface area contributed by atoms with Crippen molar-refractivity contribution in [1.82, 2.24) is 0 Å². The molecule has 1 N–H and O–H groups in total. The zero-order valence-electron chi connectivity index (χ0n) is 12.3. The number of anilines is 1. The summed E-state index contributed by atoms with van der Waals surface area (Å²) in [6, 6.07) is 12.8. The van der Waals surface area contributed by atoms with Crippen molar-refractivity contribution in [3.05, 3.63) is 48.5 Å². The van der Waals surface area contributed by atoms with E-state index in [0.717, 1.165) is 0 Å². The number of hydrogen-bond acceptors (Lipinski definition) is 4. The number of alkyl halides is 2. The predicted octanol–water partition coefficient (Wildman–Crippen LogP) is 3.31. The molecular weight excluding hydrogens is 308 g/mol. The van der Waals surface area contributed by atoms with E-state index in [1.54, 1.807) is 30.3 Å². The second-order valence-corrected chi connectivity index (χ2v) is 4.36. The molecule has 7 heteroatoms. The number of carbonyl (C=O) groups excluding carboxylic acids is 1. The van der Waals surface area contributed by atoms with E-state index in [9.17, 15) is 13.6 Å². The predicted molar refractivity (Wildman–Crippen MR) is 80.2 cm³/mol. The van der Waals surface area contributed by atoms with Gasteiger partial charge in [-0.1, -0.05) is 24.3 Å². The van der Waals surface area contributed by atoms with Gasteiger partial charge in [-0.25, -0.2) is 0 Å². The minimum Gasteiger partial charge on any atom is -0.493 e. The summed E-state index contributed by atoms with van der Waals surface area (Å²) in [6.07, 6.45) is 0. The summed E-state index contributed by atoms with van der Waals surface area (Å²) >= 11 is 0. The van der Waals surface area contributed by atoms with E-state index >= 15 is 0 Å². The lowest BCUT2D eigenvalue weighted by Gasteiger charge is -2.13. The van der Waals surface area contributed by atoms with Gasteiger partial charge in [0.25, 0.3) is 5.91 Å². The van der Waals surface area contributed by atoms with Gasteiger partial charge in [-0.15, -0.1) is 0 Å². The van der Waals surface area contributed by atoms with Crippen LogP contribution in [0.25, 0.3) is 0 Å². The number of rotatable bonds is 7. The fourth-order valence-electron chi connectivity index (χ4n) is 1.84. The number of carbonyl (C=O) groups is 1. The highest BCUT2D eigenvalue weighted by atomic mass is 19.3. The summed E-state index contributed by atoms with van der Waals surface area (Å²) in [5, 5.41) is 2.46. The Hall–Kier alpha value is -2.83. The molecule has 0 saturated heterocycles. The third-order valence-corrected chi connectivity index (χ3v) is 2.81. The first-order valence-electron chi connectivity index (χ1n) is 6.69. The smallest absolute Gasteiger partial charge is 0.387 e. The Kier molecular flexibility index (Phi) is 5.74. The van der Waals surface area contributed by atoms with Gasteiger partial charge in [0, 0.05) is 0 Å². The zero-order valence-corrected chi connectivity index (χ0v) is 12.3. The molecule has 2 aromatic carbocycles. The molecule has 0 saturated carbocycles. The van der Waals surface area contributed by atoms with Crippen LogP contribution in [0.5, 0.6) is 17.2 Å². The number of para-hydroxylation sites is 4. The van der Waals surface area contributed by atoms with Gasteiger partial charge in [0.15, 0.2) is 18.1 Å². The Morgan fingerprint density at radius 3 is 2.30 bits per heavy atom. The van der Waals surface area contributed by atoms with Crippen molar-refractivity contribution >= 4 is 11.6 Å². The highest BCUT2D eigenvalue weighted by Gasteiger charge is 2.12. The van der Waals surface area contributed by atoms with Crippen LogP contribution in [0, 0.1) is 0 Å². The molecule has 0 unspecified atom stereocenters. The van der Waals surface area contributed by atoms with Crippen LogP contribution in [0.1, 0.15) is 0 Å². The molecule has 122 valence electrons. The second kappa shape index (κ2) is 7.98. The van der Waals surface area contributed by atoms with Crippen molar-refractivity contribution in [3.8, 4) is 17.2 Å². The van der Waals surface area contributed by atoms with Gasteiger partial charge in [-0.05, 0) is 24.3 Å². The van der Waals surface area contributed by atoms with Crippen LogP contribution in [0.2, 0.25) is 0 Å². The third kappa shape index (κ3) is 4.84. The van der Waals surface area contributed by atoms with Crippen molar-refractivity contribution < 1.29 is 27.8 Å². The molecule has 23 heavy (non-hydrogen) atoms. The fraction of sp³-hybridized carbons (Fsp3) is 0.188. The van der Waals surface area contributed by atoms with Crippen LogP contribution in [-0.2, 0) is 4.79 Å². The van der Waals surface area contributed by atoms with Crippen LogP contribution in [0.4, 0.5) is 14.5 Å². The van der Waals surface area contributed by atoms with E-state index in [1.807, 2.05) is 0 Å². The van der Waals surface area contributed by atoms with Gasteiger partial charge in [0.2, 0.25) is 0 Å². The van der Waals surface area contributed by atoms with Gasteiger partial charge >= 0.3 is 6.61 Å².